The highest BCUT2D eigenvalue weighted by atomic mass is 35.5. The van der Waals surface area contributed by atoms with E-state index in [2.05, 4.69) is 12.2 Å². The molecule has 0 bridgehead atoms. The summed E-state index contributed by atoms with van der Waals surface area (Å²) in [5.74, 6) is 0.591. The molecule has 0 spiro atoms. The maximum atomic E-state index is 5.40. The van der Waals surface area contributed by atoms with E-state index in [1.165, 1.54) is 6.42 Å². The van der Waals surface area contributed by atoms with Crippen LogP contribution in [0.15, 0.2) is 0 Å². The van der Waals surface area contributed by atoms with E-state index in [1.54, 1.807) is 0 Å². The molecule has 3 heteroatoms. The van der Waals surface area contributed by atoms with Gasteiger partial charge in [0.15, 0.2) is 0 Å². The van der Waals surface area contributed by atoms with Gasteiger partial charge in [0, 0.05) is 12.4 Å². The first-order chi connectivity index (χ1) is 4.91. The summed E-state index contributed by atoms with van der Waals surface area (Å²) in [7, 11) is 0. The molecule has 0 saturated heterocycles. The summed E-state index contributed by atoms with van der Waals surface area (Å²) in [5, 5.41) is 3.23. The third-order valence-corrected chi connectivity index (χ3v) is 1.23. The lowest BCUT2D eigenvalue weighted by molar-refractivity contribution is 0.151. The van der Waals surface area contributed by atoms with Crippen LogP contribution in [0.3, 0.4) is 0 Å². The van der Waals surface area contributed by atoms with Crippen LogP contribution in [0.25, 0.3) is 0 Å². The topological polar surface area (TPSA) is 21.3 Å². The summed E-state index contributed by atoms with van der Waals surface area (Å²) >= 11 is 5.40. The van der Waals surface area contributed by atoms with Gasteiger partial charge in [0.25, 0.3) is 0 Å². The lowest BCUT2D eigenvalue weighted by Gasteiger charge is -2.02. The standard InChI is InChI=1S/C7H16ClNO/c1-2-4-9-5-7-10-6-3-8/h9H,2-7H2,1H3. The van der Waals surface area contributed by atoms with Crippen molar-refractivity contribution in [3.63, 3.8) is 0 Å². The van der Waals surface area contributed by atoms with Crippen molar-refractivity contribution in [3.05, 3.63) is 0 Å². The van der Waals surface area contributed by atoms with Gasteiger partial charge in [0.1, 0.15) is 0 Å². The van der Waals surface area contributed by atoms with Gasteiger partial charge < -0.3 is 10.1 Å². The van der Waals surface area contributed by atoms with E-state index < -0.39 is 0 Å². The Morgan fingerprint density at radius 1 is 1.30 bits per heavy atom. The second-order valence-corrected chi connectivity index (χ2v) is 2.43. The summed E-state index contributed by atoms with van der Waals surface area (Å²) in [6.07, 6.45) is 1.18. The zero-order chi connectivity index (χ0) is 7.66. The van der Waals surface area contributed by atoms with Crippen molar-refractivity contribution < 1.29 is 4.74 Å². The van der Waals surface area contributed by atoms with Gasteiger partial charge in [-0.05, 0) is 13.0 Å². The molecule has 0 fully saturated rings. The number of ether oxygens (including phenoxy) is 1. The Morgan fingerprint density at radius 3 is 2.70 bits per heavy atom. The van der Waals surface area contributed by atoms with Gasteiger partial charge in [-0.1, -0.05) is 6.92 Å². The molecule has 0 aromatic carbocycles. The van der Waals surface area contributed by atoms with Crippen LogP contribution in [0.5, 0.6) is 0 Å². The van der Waals surface area contributed by atoms with Crippen molar-refractivity contribution in [2.75, 3.05) is 32.2 Å². The first-order valence-electron chi connectivity index (χ1n) is 3.76. The minimum Gasteiger partial charge on any atom is -0.379 e. The molecule has 0 atom stereocenters. The molecule has 0 saturated carbocycles. The lowest BCUT2D eigenvalue weighted by atomic mass is 10.5. The third kappa shape index (κ3) is 8.21. The number of rotatable bonds is 7. The van der Waals surface area contributed by atoms with Crippen molar-refractivity contribution in [3.8, 4) is 0 Å². The van der Waals surface area contributed by atoms with Gasteiger partial charge in [0.2, 0.25) is 0 Å². The van der Waals surface area contributed by atoms with E-state index in [-0.39, 0.29) is 0 Å². The Hall–Kier alpha value is 0.210. The molecule has 0 aromatic heterocycles. The Morgan fingerprint density at radius 2 is 2.10 bits per heavy atom. The summed E-state index contributed by atoms with van der Waals surface area (Å²) in [6.45, 7) is 5.59. The molecule has 0 aliphatic heterocycles. The zero-order valence-electron chi connectivity index (χ0n) is 6.53. The fourth-order valence-corrected chi connectivity index (χ4v) is 0.712. The van der Waals surface area contributed by atoms with Gasteiger partial charge in [-0.15, -0.1) is 11.6 Å². The van der Waals surface area contributed by atoms with Gasteiger partial charge in [-0.25, -0.2) is 0 Å². The number of alkyl halides is 1. The van der Waals surface area contributed by atoms with Crippen molar-refractivity contribution in [2.45, 2.75) is 13.3 Å². The fraction of sp³-hybridized carbons (Fsp3) is 1.00. The molecular weight excluding hydrogens is 150 g/mol. The van der Waals surface area contributed by atoms with Crippen LogP contribution in [0.4, 0.5) is 0 Å². The van der Waals surface area contributed by atoms with E-state index in [4.69, 9.17) is 16.3 Å². The van der Waals surface area contributed by atoms with Gasteiger partial charge in [0.05, 0.1) is 13.2 Å². The van der Waals surface area contributed by atoms with Crippen LogP contribution in [0, 0.1) is 0 Å². The first kappa shape index (κ1) is 10.2. The SMILES string of the molecule is CCCNCCOCCCl. The van der Waals surface area contributed by atoms with Crippen LogP contribution in [-0.2, 0) is 4.74 Å². The molecule has 0 heterocycles. The van der Waals surface area contributed by atoms with Crippen molar-refractivity contribution in [1.29, 1.82) is 0 Å². The number of hydrogen-bond acceptors (Lipinski definition) is 2. The minimum absolute atomic E-state index is 0.591. The Bertz CT molecular complexity index is 53.6. The second kappa shape index (κ2) is 9.21. The molecule has 0 unspecified atom stereocenters. The van der Waals surface area contributed by atoms with Gasteiger partial charge >= 0.3 is 0 Å². The maximum absolute atomic E-state index is 5.40. The van der Waals surface area contributed by atoms with Crippen molar-refractivity contribution in [2.24, 2.45) is 0 Å². The largest absolute Gasteiger partial charge is 0.379 e. The minimum atomic E-state index is 0.591. The molecule has 0 rings (SSSR count). The monoisotopic (exact) mass is 165 g/mol. The highest BCUT2D eigenvalue weighted by Gasteiger charge is 1.85. The van der Waals surface area contributed by atoms with Crippen LogP contribution < -0.4 is 5.32 Å². The molecule has 0 aliphatic rings. The quantitative estimate of drug-likeness (QED) is 0.453. The molecule has 0 radical (unpaired) electrons. The lowest BCUT2D eigenvalue weighted by Crippen LogP contribution is -2.20. The highest BCUT2D eigenvalue weighted by Crippen LogP contribution is 1.77. The predicted octanol–water partition coefficient (Wildman–Crippen LogP) is 1.24. The molecule has 0 aromatic rings. The van der Waals surface area contributed by atoms with E-state index >= 15 is 0 Å². The number of hydrogen-bond donors (Lipinski definition) is 1. The molecular formula is C7H16ClNO. The predicted molar refractivity (Wildman–Crippen MR) is 44.7 cm³/mol. The van der Waals surface area contributed by atoms with Crippen molar-refractivity contribution >= 4 is 11.6 Å². The van der Waals surface area contributed by atoms with E-state index in [0.29, 0.717) is 12.5 Å². The number of nitrogens with one attached hydrogen (secondary N) is 1. The van der Waals surface area contributed by atoms with E-state index in [9.17, 15) is 0 Å². The normalized spacial score (nSPS) is 10.2. The summed E-state index contributed by atoms with van der Waals surface area (Å²) in [6, 6.07) is 0. The summed E-state index contributed by atoms with van der Waals surface area (Å²) in [5.41, 5.74) is 0. The van der Waals surface area contributed by atoms with E-state index in [0.717, 1.165) is 19.7 Å². The van der Waals surface area contributed by atoms with Crippen LogP contribution in [0.1, 0.15) is 13.3 Å². The number of halogens is 1. The zero-order valence-corrected chi connectivity index (χ0v) is 7.28. The van der Waals surface area contributed by atoms with Crippen LogP contribution in [0.2, 0.25) is 0 Å². The Kier molecular flexibility index (Phi) is 9.40. The first-order valence-corrected chi connectivity index (χ1v) is 4.29. The Balaban J connectivity index is 2.65. The van der Waals surface area contributed by atoms with Crippen molar-refractivity contribution in [1.82, 2.24) is 5.32 Å². The molecule has 62 valence electrons. The van der Waals surface area contributed by atoms with Crippen LogP contribution in [-0.4, -0.2) is 32.2 Å². The highest BCUT2D eigenvalue weighted by molar-refractivity contribution is 6.17. The molecule has 2 nitrogen and oxygen atoms in total. The smallest absolute Gasteiger partial charge is 0.0602 e. The average Bonchev–Trinajstić information content (AvgIpc) is 1.97. The fourth-order valence-electron chi connectivity index (χ4n) is 0.603. The summed E-state index contributed by atoms with van der Waals surface area (Å²) in [4.78, 5) is 0. The second-order valence-electron chi connectivity index (χ2n) is 2.05. The van der Waals surface area contributed by atoms with Gasteiger partial charge in [-0.3, -0.25) is 0 Å². The maximum Gasteiger partial charge on any atom is 0.0602 e. The van der Waals surface area contributed by atoms with Gasteiger partial charge in [-0.2, -0.15) is 0 Å². The van der Waals surface area contributed by atoms with E-state index in [1.807, 2.05) is 0 Å². The Labute approximate surface area is 67.9 Å². The molecule has 0 amide bonds. The molecule has 1 N–H and O–H groups in total. The average molecular weight is 166 g/mol. The third-order valence-electron chi connectivity index (χ3n) is 1.07. The summed E-state index contributed by atoms with van der Waals surface area (Å²) < 4.78 is 5.13. The molecule has 10 heavy (non-hydrogen) atoms. The molecule has 0 aliphatic carbocycles. The van der Waals surface area contributed by atoms with Crippen LogP contribution >= 0.6 is 11.6 Å².